The highest BCUT2D eigenvalue weighted by atomic mass is 32.2. The Bertz CT molecular complexity index is 342. The number of nitrogens with two attached hydrogens (primary N) is 1. The summed E-state index contributed by atoms with van der Waals surface area (Å²) in [6.45, 7) is 0.229. The van der Waals surface area contributed by atoms with Crippen LogP contribution in [0.3, 0.4) is 0 Å². The fourth-order valence-electron chi connectivity index (χ4n) is 0.473. The summed E-state index contributed by atoms with van der Waals surface area (Å²) in [4.78, 5) is 3.69. The molecule has 5 nitrogen and oxygen atoms in total. The topological polar surface area (TPSA) is 85.9 Å². The van der Waals surface area contributed by atoms with Crippen LogP contribution in [0.1, 0.15) is 5.01 Å². The maximum absolute atomic E-state index is 10.8. The Balaban J connectivity index is 3.09. The van der Waals surface area contributed by atoms with Crippen molar-refractivity contribution in [2.75, 3.05) is 6.26 Å². The second kappa shape index (κ2) is 2.84. The molecular formula is C4H7N3O2S2. The molecule has 0 fully saturated rings. The molecule has 0 atom stereocenters. The molecule has 0 aliphatic rings. The van der Waals surface area contributed by atoms with Crippen LogP contribution in [0.2, 0.25) is 0 Å². The molecule has 1 aromatic heterocycles. The van der Waals surface area contributed by atoms with Gasteiger partial charge in [-0.2, -0.15) is 4.37 Å². The Morgan fingerprint density at radius 2 is 2.27 bits per heavy atom. The summed E-state index contributed by atoms with van der Waals surface area (Å²) in [6.07, 6.45) is 1.06. The van der Waals surface area contributed by atoms with Gasteiger partial charge < -0.3 is 5.73 Å². The molecule has 0 bridgehead atoms. The van der Waals surface area contributed by atoms with Gasteiger partial charge in [0.2, 0.25) is 9.84 Å². The molecule has 0 aliphatic carbocycles. The normalized spacial score (nSPS) is 11.8. The third kappa shape index (κ3) is 1.95. The van der Waals surface area contributed by atoms with Gasteiger partial charge in [-0.05, 0) is 11.5 Å². The molecule has 0 saturated carbocycles. The number of hydrogen-bond donors (Lipinski definition) is 1. The van der Waals surface area contributed by atoms with Crippen LogP contribution >= 0.6 is 11.5 Å². The van der Waals surface area contributed by atoms with Gasteiger partial charge in [0.15, 0.2) is 0 Å². The Labute approximate surface area is 68.3 Å². The summed E-state index contributed by atoms with van der Waals surface area (Å²) in [5.41, 5.74) is 5.22. The van der Waals surface area contributed by atoms with Gasteiger partial charge >= 0.3 is 0 Å². The first-order valence-electron chi connectivity index (χ1n) is 2.77. The van der Waals surface area contributed by atoms with Crippen LogP contribution in [0.25, 0.3) is 0 Å². The smallest absolute Gasteiger partial charge is 0.258 e. The van der Waals surface area contributed by atoms with Gasteiger partial charge in [0.1, 0.15) is 5.01 Å². The molecule has 0 radical (unpaired) electrons. The van der Waals surface area contributed by atoms with Gasteiger partial charge in [0.05, 0.1) is 0 Å². The zero-order chi connectivity index (χ0) is 8.48. The predicted molar refractivity (Wildman–Crippen MR) is 40.9 cm³/mol. The first kappa shape index (κ1) is 8.57. The summed E-state index contributed by atoms with van der Waals surface area (Å²) in [7, 11) is -3.26. The summed E-state index contributed by atoms with van der Waals surface area (Å²) in [5.74, 6) is 0. The van der Waals surface area contributed by atoms with Crippen LogP contribution in [-0.4, -0.2) is 24.0 Å². The van der Waals surface area contributed by atoms with Crippen LogP contribution in [0.15, 0.2) is 5.16 Å². The van der Waals surface area contributed by atoms with E-state index in [0.29, 0.717) is 5.01 Å². The number of hydrogen-bond acceptors (Lipinski definition) is 6. The van der Waals surface area contributed by atoms with E-state index in [2.05, 4.69) is 9.36 Å². The molecular weight excluding hydrogens is 186 g/mol. The quantitative estimate of drug-likeness (QED) is 0.677. The summed E-state index contributed by atoms with van der Waals surface area (Å²) in [5, 5.41) is 0.397. The number of rotatable bonds is 2. The highest BCUT2D eigenvalue weighted by Crippen LogP contribution is 2.07. The number of nitrogens with zero attached hydrogens (tertiary/aromatic N) is 2. The molecule has 0 aromatic carbocycles. The highest BCUT2D eigenvalue weighted by Gasteiger charge is 2.12. The largest absolute Gasteiger partial charge is 0.324 e. The molecule has 1 rings (SSSR count). The predicted octanol–water partition coefficient (Wildman–Crippen LogP) is -0.600. The third-order valence-electron chi connectivity index (χ3n) is 0.956. The van der Waals surface area contributed by atoms with Crippen molar-refractivity contribution >= 4 is 21.4 Å². The van der Waals surface area contributed by atoms with Crippen molar-refractivity contribution in [3.63, 3.8) is 0 Å². The van der Waals surface area contributed by atoms with Crippen molar-refractivity contribution in [3.8, 4) is 0 Å². The van der Waals surface area contributed by atoms with Crippen molar-refractivity contribution in [1.29, 1.82) is 0 Å². The van der Waals surface area contributed by atoms with Crippen LogP contribution in [0.4, 0.5) is 0 Å². The van der Waals surface area contributed by atoms with E-state index in [0.717, 1.165) is 17.8 Å². The van der Waals surface area contributed by atoms with Crippen molar-refractivity contribution in [1.82, 2.24) is 9.36 Å². The average molecular weight is 193 g/mol. The monoisotopic (exact) mass is 193 g/mol. The molecule has 0 unspecified atom stereocenters. The SMILES string of the molecule is CS(=O)(=O)c1nsc(CN)n1. The van der Waals surface area contributed by atoms with Crippen LogP contribution < -0.4 is 5.73 Å². The molecule has 1 heterocycles. The second-order valence-corrected chi connectivity index (χ2v) is 4.69. The van der Waals surface area contributed by atoms with E-state index in [1.165, 1.54) is 0 Å². The van der Waals surface area contributed by atoms with Crippen molar-refractivity contribution in [3.05, 3.63) is 5.01 Å². The molecule has 0 amide bonds. The lowest BCUT2D eigenvalue weighted by Gasteiger charge is -1.85. The van der Waals surface area contributed by atoms with Crippen LogP contribution in [-0.2, 0) is 16.4 Å². The lowest BCUT2D eigenvalue weighted by molar-refractivity contribution is 0.595. The molecule has 0 aliphatic heterocycles. The van der Waals surface area contributed by atoms with Gasteiger partial charge in [0.25, 0.3) is 5.16 Å². The third-order valence-corrected chi connectivity index (χ3v) is 2.65. The summed E-state index contributed by atoms with van der Waals surface area (Å²) >= 11 is 1.01. The minimum Gasteiger partial charge on any atom is -0.324 e. The Morgan fingerprint density at radius 3 is 2.55 bits per heavy atom. The molecule has 11 heavy (non-hydrogen) atoms. The van der Waals surface area contributed by atoms with Crippen LogP contribution in [0.5, 0.6) is 0 Å². The number of aromatic nitrogens is 2. The van der Waals surface area contributed by atoms with E-state index in [1.54, 1.807) is 0 Å². The van der Waals surface area contributed by atoms with Gasteiger partial charge in [-0.25, -0.2) is 13.4 Å². The lowest BCUT2D eigenvalue weighted by Crippen LogP contribution is -2.01. The van der Waals surface area contributed by atoms with E-state index in [9.17, 15) is 8.42 Å². The zero-order valence-corrected chi connectivity index (χ0v) is 7.44. The van der Waals surface area contributed by atoms with Crippen LogP contribution in [0, 0.1) is 0 Å². The maximum Gasteiger partial charge on any atom is 0.258 e. The molecule has 0 saturated heterocycles. The molecule has 62 valence electrons. The second-order valence-electron chi connectivity index (χ2n) is 1.95. The Hall–Kier alpha value is -0.530. The van der Waals surface area contributed by atoms with E-state index < -0.39 is 9.84 Å². The first-order valence-corrected chi connectivity index (χ1v) is 5.43. The molecule has 2 N–H and O–H groups in total. The highest BCUT2D eigenvalue weighted by molar-refractivity contribution is 7.90. The van der Waals surface area contributed by atoms with E-state index in [1.807, 2.05) is 0 Å². The Kier molecular flexibility index (Phi) is 2.21. The van der Waals surface area contributed by atoms with Gasteiger partial charge in [-0.15, -0.1) is 0 Å². The minimum absolute atomic E-state index is 0.136. The zero-order valence-electron chi connectivity index (χ0n) is 5.81. The van der Waals surface area contributed by atoms with Gasteiger partial charge in [-0.1, -0.05) is 0 Å². The first-order chi connectivity index (χ1) is 5.04. The van der Waals surface area contributed by atoms with Crippen molar-refractivity contribution in [2.24, 2.45) is 5.73 Å². The Morgan fingerprint density at radius 1 is 1.64 bits per heavy atom. The maximum atomic E-state index is 10.8. The summed E-state index contributed by atoms with van der Waals surface area (Å²) in [6, 6.07) is 0. The molecule has 1 aromatic rings. The summed E-state index contributed by atoms with van der Waals surface area (Å²) < 4.78 is 25.2. The average Bonchev–Trinajstić information content (AvgIpc) is 2.32. The lowest BCUT2D eigenvalue weighted by atomic mass is 10.7. The van der Waals surface area contributed by atoms with E-state index in [4.69, 9.17) is 5.73 Å². The van der Waals surface area contributed by atoms with Crippen molar-refractivity contribution < 1.29 is 8.42 Å². The number of sulfone groups is 1. The van der Waals surface area contributed by atoms with Gasteiger partial charge in [0, 0.05) is 12.8 Å². The molecule has 0 spiro atoms. The fraction of sp³-hybridized carbons (Fsp3) is 0.500. The van der Waals surface area contributed by atoms with E-state index >= 15 is 0 Å². The van der Waals surface area contributed by atoms with E-state index in [-0.39, 0.29) is 11.7 Å². The van der Waals surface area contributed by atoms with Gasteiger partial charge in [-0.3, -0.25) is 0 Å². The molecule has 7 heteroatoms. The van der Waals surface area contributed by atoms with Crippen molar-refractivity contribution in [2.45, 2.75) is 11.7 Å². The fourth-order valence-corrected chi connectivity index (χ4v) is 1.89. The minimum atomic E-state index is -3.26. The standard InChI is InChI=1S/C4H7N3O2S2/c1-11(8,9)4-6-3(2-5)10-7-4/h2,5H2,1H3.